The van der Waals surface area contributed by atoms with Crippen molar-refractivity contribution in [2.24, 2.45) is 0 Å². The van der Waals surface area contributed by atoms with Crippen LogP contribution in [-0.2, 0) is 12.8 Å². The zero-order valence-corrected chi connectivity index (χ0v) is 11.8. The summed E-state index contributed by atoms with van der Waals surface area (Å²) >= 11 is 1.59. The van der Waals surface area contributed by atoms with Crippen molar-refractivity contribution in [2.75, 3.05) is 5.32 Å². The van der Waals surface area contributed by atoms with Crippen molar-refractivity contribution in [3.63, 3.8) is 0 Å². The third kappa shape index (κ3) is 2.20. The van der Waals surface area contributed by atoms with E-state index in [9.17, 15) is 5.26 Å². The molecule has 0 saturated carbocycles. The monoisotopic (exact) mass is 270 g/mol. The Morgan fingerprint density at radius 2 is 2.16 bits per heavy atom. The van der Waals surface area contributed by atoms with Gasteiger partial charge < -0.3 is 5.32 Å². The smallest absolute Gasteiger partial charge is 0.188 e. The number of rotatable bonds is 2. The maximum atomic E-state index is 9.24. The molecular formula is C14H14N4S. The van der Waals surface area contributed by atoms with Gasteiger partial charge in [0.25, 0.3) is 0 Å². The average Bonchev–Trinajstić information content (AvgIpc) is 2.95. The van der Waals surface area contributed by atoms with E-state index >= 15 is 0 Å². The fourth-order valence-corrected chi connectivity index (χ4v) is 3.09. The number of aromatic nitrogens is 2. The Bertz CT molecular complexity index is 662. The van der Waals surface area contributed by atoms with Crippen molar-refractivity contribution in [1.29, 1.82) is 5.26 Å². The van der Waals surface area contributed by atoms with Crippen molar-refractivity contribution < 1.29 is 0 Å². The summed E-state index contributed by atoms with van der Waals surface area (Å²) in [6, 6.07) is 4.18. The summed E-state index contributed by atoms with van der Waals surface area (Å²) in [6.45, 7) is 4.03. The molecule has 0 bridgehead atoms. The summed E-state index contributed by atoms with van der Waals surface area (Å²) in [5, 5.41) is 13.2. The van der Waals surface area contributed by atoms with Gasteiger partial charge in [-0.2, -0.15) is 5.26 Å². The minimum absolute atomic E-state index is 0.603. The number of aryl methyl sites for hydroxylation is 4. The molecule has 1 aliphatic rings. The number of thiazole rings is 1. The summed E-state index contributed by atoms with van der Waals surface area (Å²) in [4.78, 5) is 10.2. The standard InChI is InChI=1S/C14H14N4S/c1-8-9(2)19-14(16-8)18-13-11(7-15)6-10-4-3-5-12(10)17-13/h6H,3-5H2,1-2H3,(H,16,17,18). The number of hydrogen-bond acceptors (Lipinski definition) is 5. The number of hydrogen-bond donors (Lipinski definition) is 1. The van der Waals surface area contributed by atoms with E-state index in [0.29, 0.717) is 11.4 Å². The van der Waals surface area contributed by atoms with Gasteiger partial charge in [0.05, 0.1) is 11.3 Å². The van der Waals surface area contributed by atoms with Crippen molar-refractivity contribution in [1.82, 2.24) is 9.97 Å². The molecule has 0 spiro atoms. The number of pyridine rings is 1. The molecule has 0 fully saturated rings. The van der Waals surface area contributed by atoms with Gasteiger partial charge in [-0.15, -0.1) is 11.3 Å². The Morgan fingerprint density at radius 1 is 1.32 bits per heavy atom. The molecule has 0 amide bonds. The number of anilines is 2. The Kier molecular flexibility index (Phi) is 2.96. The van der Waals surface area contributed by atoms with Gasteiger partial charge in [-0.1, -0.05) is 0 Å². The zero-order chi connectivity index (χ0) is 13.4. The van der Waals surface area contributed by atoms with E-state index in [1.54, 1.807) is 11.3 Å². The molecule has 0 aliphatic heterocycles. The van der Waals surface area contributed by atoms with E-state index in [1.807, 2.05) is 19.9 Å². The van der Waals surface area contributed by atoms with Crippen molar-refractivity contribution in [3.8, 4) is 6.07 Å². The molecule has 5 heteroatoms. The Morgan fingerprint density at radius 3 is 2.84 bits per heavy atom. The van der Waals surface area contributed by atoms with E-state index in [0.717, 1.165) is 35.8 Å². The zero-order valence-electron chi connectivity index (χ0n) is 10.9. The molecule has 2 aromatic heterocycles. The predicted octanol–water partition coefficient (Wildman–Crippen LogP) is 3.26. The Labute approximate surface area is 116 Å². The molecule has 96 valence electrons. The summed E-state index contributed by atoms with van der Waals surface area (Å²) in [7, 11) is 0. The largest absolute Gasteiger partial charge is 0.315 e. The topological polar surface area (TPSA) is 61.6 Å². The summed E-state index contributed by atoms with van der Waals surface area (Å²) in [5.74, 6) is 0.636. The third-order valence-corrected chi connectivity index (χ3v) is 4.41. The highest BCUT2D eigenvalue weighted by Gasteiger charge is 2.17. The van der Waals surface area contributed by atoms with Crippen molar-refractivity contribution in [3.05, 3.63) is 33.5 Å². The van der Waals surface area contributed by atoms with Crippen LogP contribution in [0.4, 0.5) is 10.9 Å². The molecule has 2 aromatic rings. The molecule has 0 radical (unpaired) electrons. The molecule has 2 heterocycles. The molecule has 3 rings (SSSR count). The first kappa shape index (κ1) is 12.1. The van der Waals surface area contributed by atoms with Gasteiger partial charge in [-0.3, -0.25) is 0 Å². The summed E-state index contributed by atoms with van der Waals surface area (Å²) in [6.07, 6.45) is 3.17. The van der Waals surface area contributed by atoms with Crippen molar-refractivity contribution >= 4 is 22.3 Å². The van der Waals surface area contributed by atoms with Crippen LogP contribution in [0.2, 0.25) is 0 Å². The van der Waals surface area contributed by atoms with E-state index < -0.39 is 0 Å². The highest BCUT2D eigenvalue weighted by molar-refractivity contribution is 7.15. The minimum atomic E-state index is 0.603. The van der Waals surface area contributed by atoms with Crippen LogP contribution in [0.15, 0.2) is 6.07 Å². The van der Waals surface area contributed by atoms with Gasteiger partial charge in [-0.05, 0) is 44.7 Å². The second kappa shape index (κ2) is 4.63. The lowest BCUT2D eigenvalue weighted by atomic mass is 10.1. The summed E-state index contributed by atoms with van der Waals surface area (Å²) < 4.78 is 0. The van der Waals surface area contributed by atoms with Gasteiger partial charge in [-0.25, -0.2) is 9.97 Å². The van der Waals surface area contributed by atoms with Crippen LogP contribution in [0.3, 0.4) is 0 Å². The molecular weight excluding hydrogens is 256 g/mol. The molecule has 1 aliphatic carbocycles. The van der Waals surface area contributed by atoms with Crippen LogP contribution in [-0.4, -0.2) is 9.97 Å². The van der Waals surface area contributed by atoms with Gasteiger partial charge in [0.15, 0.2) is 5.13 Å². The van der Waals surface area contributed by atoms with E-state index in [4.69, 9.17) is 0 Å². The quantitative estimate of drug-likeness (QED) is 0.909. The van der Waals surface area contributed by atoms with Crippen LogP contribution < -0.4 is 5.32 Å². The molecule has 19 heavy (non-hydrogen) atoms. The minimum Gasteiger partial charge on any atom is -0.315 e. The molecule has 1 N–H and O–H groups in total. The Hall–Kier alpha value is -1.93. The number of nitrogens with one attached hydrogen (secondary N) is 1. The van der Waals surface area contributed by atoms with E-state index in [1.165, 1.54) is 10.4 Å². The van der Waals surface area contributed by atoms with E-state index in [-0.39, 0.29) is 0 Å². The lowest BCUT2D eigenvalue weighted by Gasteiger charge is -2.07. The van der Waals surface area contributed by atoms with Crippen molar-refractivity contribution in [2.45, 2.75) is 33.1 Å². The lowest BCUT2D eigenvalue weighted by molar-refractivity contribution is 0.900. The second-order valence-electron chi connectivity index (χ2n) is 4.74. The van der Waals surface area contributed by atoms with Crippen LogP contribution in [0, 0.1) is 25.2 Å². The predicted molar refractivity (Wildman–Crippen MR) is 75.8 cm³/mol. The van der Waals surface area contributed by atoms with Crippen LogP contribution in [0.1, 0.15) is 33.8 Å². The SMILES string of the molecule is Cc1nc(Nc2nc3c(cc2C#N)CCC3)sc1C. The van der Waals surface area contributed by atoms with Crippen LogP contribution in [0.5, 0.6) is 0 Å². The normalized spacial score (nSPS) is 13.1. The van der Waals surface area contributed by atoms with E-state index in [2.05, 4.69) is 21.4 Å². The summed E-state index contributed by atoms with van der Waals surface area (Å²) in [5.41, 5.74) is 3.96. The number of nitrogens with zero attached hydrogens (tertiary/aromatic N) is 3. The van der Waals surface area contributed by atoms with Gasteiger partial charge in [0.1, 0.15) is 11.9 Å². The number of nitriles is 1. The number of fused-ring (bicyclic) bond motifs is 1. The molecule has 0 unspecified atom stereocenters. The first-order valence-corrected chi connectivity index (χ1v) is 7.13. The van der Waals surface area contributed by atoms with Crippen LogP contribution >= 0.6 is 11.3 Å². The molecule has 0 atom stereocenters. The second-order valence-corrected chi connectivity index (χ2v) is 5.94. The fourth-order valence-electron chi connectivity index (χ4n) is 2.28. The molecule has 0 aromatic carbocycles. The molecule has 4 nitrogen and oxygen atoms in total. The average molecular weight is 270 g/mol. The maximum Gasteiger partial charge on any atom is 0.188 e. The first-order valence-electron chi connectivity index (χ1n) is 6.31. The van der Waals surface area contributed by atoms with Gasteiger partial charge >= 0.3 is 0 Å². The lowest BCUT2D eigenvalue weighted by Crippen LogP contribution is -2.00. The van der Waals surface area contributed by atoms with Gasteiger partial charge in [0, 0.05) is 10.6 Å². The third-order valence-electron chi connectivity index (χ3n) is 3.43. The maximum absolute atomic E-state index is 9.24. The highest BCUT2D eigenvalue weighted by Crippen LogP contribution is 2.29. The Balaban J connectivity index is 1.98. The fraction of sp³-hybridized carbons (Fsp3) is 0.357. The van der Waals surface area contributed by atoms with Gasteiger partial charge in [0.2, 0.25) is 0 Å². The highest BCUT2D eigenvalue weighted by atomic mass is 32.1. The molecule has 0 saturated heterocycles. The first-order chi connectivity index (χ1) is 9.17. The van der Waals surface area contributed by atoms with Crippen LogP contribution in [0.25, 0.3) is 0 Å².